The summed E-state index contributed by atoms with van der Waals surface area (Å²) in [6.07, 6.45) is 0.183. The van der Waals surface area contributed by atoms with Crippen molar-refractivity contribution in [2.24, 2.45) is 0 Å². The molecule has 1 saturated heterocycles. The Labute approximate surface area is 156 Å². The topological polar surface area (TPSA) is 112 Å². The lowest BCUT2D eigenvalue weighted by Gasteiger charge is -2.14. The van der Waals surface area contributed by atoms with Crippen LogP contribution < -0.4 is 20.4 Å². The first-order chi connectivity index (χ1) is 12.7. The number of amides is 1. The van der Waals surface area contributed by atoms with Crippen LogP contribution in [0.25, 0.3) is 11.0 Å². The summed E-state index contributed by atoms with van der Waals surface area (Å²) < 4.78 is 39.0. The fourth-order valence-electron chi connectivity index (χ4n) is 3.31. The van der Waals surface area contributed by atoms with Gasteiger partial charge in [0.1, 0.15) is 17.1 Å². The number of benzene rings is 1. The molecule has 1 aliphatic heterocycles. The van der Waals surface area contributed by atoms with Gasteiger partial charge in [0.15, 0.2) is 9.84 Å². The van der Waals surface area contributed by atoms with Crippen LogP contribution in [0.1, 0.15) is 17.5 Å². The summed E-state index contributed by atoms with van der Waals surface area (Å²) >= 11 is 0. The number of aryl methyl sites for hydroxylation is 1. The SMILES string of the molecule is COc1cc(OC)c2c(C)c(CC(=O)N[C@@H]3CCS(=O)(=O)C3)c(=O)oc2c1. The van der Waals surface area contributed by atoms with E-state index in [9.17, 15) is 18.0 Å². The first kappa shape index (κ1) is 19.2. The second kappa shape index (κ2) is 7.22. The highest BCUT2D eigenvalue weighted by molar-refractivity contribution is 7.91. The number of carbonyl (C=O) groups excluding carboxylic acids is 1. The van der Waals surface area contributed by atoms with Gasteiger partial charge < -0.3 is 19.2 Å². The van der Waals surface area contributed by atoms with Gasteiger partial charge in [-0.25, -0.2) is 13.2 Å². The summed E-state index contributed by atoms with van der Waals surface area (Å²) in [7, 11) is -0.113. The summed E-state index contributed by atoms with van der Waals surface area (Å²) in [5.74, 6) is 0.523. The van der Waals surface area contributed by atoms with Crippen LogP contribution >= 0.6 is 0 Å². The van der Waals surface area contributed by atoms with Gasteiger partial charge in [0.25, 0.3) is 0 Å². The van der Waals surface area contributed by atoms with E-state index < -0.39 is 27.4 Å². The first-order valence-corrected chi connectivity index (χ1v) is 10.2. The molecule has 1 aliphatic rings. The third-order valence-electron chi connectivity index (χ3n) is 4.71. The first-order valence-electron chi connectivity index (χ1n) is 8.42. The van der Waals surface area contributed by atoms with E-state index in [0.717, 1.165) is 0 Å². The van der Waals surface area contributed by atoms with Crippen molar-refractivity contribution in [3.05, 3.63) is 33.7 Å². The van der Waals surface area contributed by atoms with Crippen molar-refractivity contribution in [2.75, 3.05) is 25.7 Å². The molecule has 1 fully saturated rings. The predicted octanol–water partition coefficient (Wildman–Crippen LogP) is 0.964. The Balaban J connectivity index is 1.93. The number of carbonyl (C=O) groups is 1. The number of fused-ring (bicyclic) bond motifs is 1. The zero-order valence-electron chi connectivity index (χ0n) is 15.3. The molecule has 2 aromatic rings. The fraction of sp³-hybridized carbons (Fsp3) is 0.444. The zero-order chi connectivity index (χ0) is 19.8. The van der Waals surface area contributed by atoms with Gasteiger partial charge in [0.05, 0.1) is 43.1 Å². The molecule has 0 bridgehead atoms. The highest BCUT2D eigenvalue weighted by Crippen LogP contribution is 2.33. The van der Waals surface area contributed by atoms with Gasteiger partial charge in [-0.1, -0.05) is 0 Å². The van der Waals surface area contributed by atoms with Crippen LogP contribution in [0, 0.1) is 6.92 Å². The van der Waals surface area contributed by atoms with E-state index in [2.05, 4.69) is 5.32 Å². The van der Waals surface area contributed by atoms with Crippen LogP contribution in [0.2, 0.25) is 0 Å². The summed E-state index contributed by atoms with van der Waals surface area (Å²) in [4.78, 5) is 24.7. The number of hydrogen-bond donors (Lipinski definition) is 1. The van der Waals surface area contributed by atoms with E-state index in [-0.39, 0.29) is 23.5 Å². The number of nitrogens with one attached hydrogen (secondary N) is 1. The molecule has 0 aliphatic carbocycles. The van der Waals surface area contributed by atoms with Gasteiger partial charge in [-0.3, -0.25) is 4.79 Å². The Morgan fingerprint density at radius 3 is 2.63 bits per heavy atom. The van der Waals surface area contributed by atoms with Crippen LogP contribution in [0.15, 0.2) is 21.3 Å². The predicted molar refractivity (Wildman–Crippen MR) is 99.2 cm³/mol. The van der Waals surface area contributed by atoms with E-state index in [1.807, 2.05) is 0 Å². The monoisotopic (exact) mass is 395 g/mol. The lowest BCUT2D eigenvalue weighted by Crippen LogP contribution is -2.37. The van der Waals surface area contributed by atoms with Gasteiger partial charge in [-0.2, -0.15) is 0 Å². The number of ether oxygens (including phenoxy) is 2. The molecule has 1 amide bonds. The van der Waals surface area contributed by atoms with Crippen molar-refractivity contribution >= 4 is 26.7 Å². The average Bonchev–Trinajstić information content (AvgIpc) is 2.95. The molecule has 1 atom stereocenters. The number of methoxy groups -OCH3 is 2. The second-order valence-electron chi connectivity index (χ2n) is 6.54. The highest BCUT2D eigenvalue weighted by Gasteiger charge is 2.29. The van der Waals surface area contributed by atoms with Crippen LogP contribution in [0.5, 0.6) is 11.5 Å². The minimum absolute atomic E-state index is 0.0636. The summed E-state index contributed by atoms with van der Waals surface area (Å²) in [6, 6.07) is 2.83. The Kier molecular flexibility index (Phi) is 5.14. The largest absolute Gasteiger partial charge is 0.496 e. The molecule has 2 heterocycles. The van der Waals surface area contributed by atoms with Crippen molar-refractivity contribution in [1.82, 2.24) is 5.32 Å². The molecule has 1 aromatic heterocycles. The molecular formula is C18H21NO7S. The average molecular weight is 395 g/mol. The molecular weight excluding hydrogens is 374 g/mol. The molecule has 0 radical (unpaired) electrons. The fourth-order valence-corrected chi connectivity index (χ4v) is 4.99. The number of hydrogen-bond acceptors (Lipinski definition) is 7. The van der Waals surface area contributed by atoms with Crippen molar-refractivity contribution in [3.8, 4) is 11.5 Å². The molecule has 1 aromatic carbocycles. The molecule has 27 heavy (non-hydrogen) atoms. The highest BCUT2D eigenvalue weighted by atomic mass is 32.2. The quantitative estimate of drug-likeness (QED) is 0.751. The third-order valence-corrected chi connectivity index (χ3v) is 6.47. The molecule has 0 spiro atoms. The van der Waals surface area contributed by atoms with Gasteiger partial charge >= 0.3 is 5.63 Å². The molecule has 1 N–H and O–H groups in total. The maximum Gasteiger partial charge on any atom is 0.340 e. The maximum atomic E-state index is 12.4. The van der Waals surface area contributed by atoms with Gasteiger partial charge in [0, 0.05) is 18.2 Å². The minimum atomic E-state index is -3.10. The molecule has 9 heteroatoms. The van der Waals surface area contributed by atoms with Gasteiger partial charge in [-0.15, -0.1) is 0 Å². The number of sulfone groups is 1. The van der Waals surface area contributed by atoms with Crippen molar-refractivity contribution < 1.29 is 27.1 Å². The van der Waals surface area contributed by atoms with Crippen LogP contribution in [-0.4, -0.2) is 46.1 Å². The van der Waals surface area contributed by atoms with E-state index in [4.69, 9.17) is 13.9 Å². The zero-order valence-corrected chi connectivity index (χ0v) is 16.1. The third kappa shape index (κ3) is 3.92. The van der Waals surface area contributed by atoms with Gasteiger partial charge in [0.2, 0.25) is 5.91 Å². The summed E-state index contributed by atoms with van der Waals surface area (Å²) in [5.41, 5.74) is 0.475. The van der Waals surface area contributed by atoms with Crippen LogP contribution in [-0.2, 0) is 21.1 Å². The van der Waals surface area contributed by atoms with Crippen molar-refractivity contribution in [2.45, 2.75) is 25.8 Å². The normalized spacial score (nSPS) is 18.4. The molecule has 146 valence electrons. The maximum absolute atomic E-state index is 12.4. The van der Waals surface area contributed by atoms with Crippen molar-refractivity contribution in [1.29, 1.82) is 0 Å². The van der Waals surface area contributed by atoms with Crippen LogP contribution in [0.4, 0.5) is 0 Å². The molecule has 0 saturated carbocycles. The molecule has 3 rings (SSSR count). The Morgan fingerprint density at radius 1 is 1.30 bits per heavy atom. The smallest absolute Gasteiger partial charge is 0.340 e. The molecule has 0 unspecified atom stereocenters. The molecule has 8 nitrogen and oxygen atoms in total. The standard InChI is InChI=1S/C18H21NO7S/c1-10-13(8-16(20)19-11-4-5-27(22,23)9-11)18(21)26-15-7-12(24-2)6-14(25-3)17(10)15/h6-7,11H,4-5,8-9H2,1-3H3,(H,19,20)/t11-/m1/s1. The Hall–Kier alpha value is -2.55. The van der Waals surface area contributed by atoms with Crippen LogP contribution in [0.3, 0.4) is 0 Å². The van der Waals surface area contributed by atoms with E-state index in [1.54, 1.807) is 19.1 Å². The second-order valence-corrected chi connectivity index (χ2v) is 8.77. The van der Waals surface area contributed by atoms with Gasteiger partial charge in [-0.05, 0) is 18.9 Å². The Morgan fingerprint density at radius 2 is 2.04 bits per heavy atom. The summed E-state index contributed by atoms with van der Waals surface area (Å²) in [6.45, 7) is 1.72. The number of rotatable bonds is 5. The minimum Gasteiger partial charge on any atom is -0.496 e. The Bertz CT molecular complexity index is 1060. The van der Waals surface area contributed by atoms with E-state index in [0.29, 0.717) is 34.5 Å². The van der Waals surface area contributed by atoms with E-state index in [1.165, 1.54) is 14.2 Å². The van der Waals surface area contributed by atoms with E-state index >= 15 is 0 Å². The lowest BCUT2D eigenvalue weighted by molar-refractivity contribution is -0.121. The lowest BCUT2D eigenvalue weighted by atomic mass is 10.0. The van der Waals surface area contributed by atoms with Crippen molar-refractivity contribution in [3.63, 3.8) is 0 Å². The summed E-state index contributed by atoms with van der Waals surface area (Å²) in [5, 5.41) is 3.27.